The predicted molar refractivity (Wildman–Crippen MR) is 52.9 cm³/mol. The number of nitrogens with zero attached hydrogens (tertiary/aromatic N) is 1. The molecule has 1 atom stereocenters. The number of Topliss-reactive ketones (excluding diaryl/α,β-unsaturated/α-hetero) is 1. The van der Waals surface area contributed by atoms with E-state index >= 15 is 0 Å². The van der Waals surface area contributed by atoms with Gasteiger partial charge < -0.3 is 9.88 Å². The van der Waals surface area contributed by atoms with Crippen molar-refractivity contribution in [3.63, 3.8) is 0 Å². The van der Waals surface area contributed by atoms with Crippen LogP contribution in [0.5, 0.6) is 0 Å². The summed E-state index contributed by atoms with van der Waals surface area (Å²) in [5.74, 6) is 0.155. The van der Waals surface area contributed by atoms with Crippen LogP contribution < -0.4 is 5.32 Å². The standard InChI is InChI=1S/C10H16N2O/c1-4-11-8(2)10(13)9-5-6-12(3)7-9/h5-8,11H,4H2,1-3H3. The third-order valence-corrected chi connectivity index (χ3v) is 2.02. The Hall–Kier alpha value is -1.09. The summed E-state index contributed by atoms with van der Waals surface area (Å²) in [6.45, 7) is 4.70. The van der Waals surface area contributed by atoms with Gasteiger partial charge in [-0.15, -0.1) is 0 Å². The zero-order chi connectivity index (χ0) is 9.84. The first kappa shape index (κ1) is 9.99. The fraction of sp³-hybridized carbons (Fsp3) is 0.500. The van der Waals surface area contributed by atoms with Crippen LogP contribution in [0.1, 0.15) is 24.2 Å². The molecule has 13 heavy (non-hydrogen) atoms. The van der Waals surface area contributed by atoms with E-state index in [-0.39, 0.29) is 11.8 Å². The van der Waals surface area contributed by atoms with E-state index in [4.69, 9.17) is 0 Å². The van der Waals surface area contributed by atoms with Crippen LogP contribution in [0.4, 0.5) is 0 Å². The lowest BCUT2D eigenvalue weighted by Gasteiger charge is -2.09. The average Bonchev–Trinajstić information content (AvgIpc) is 2.51. The lowest BCUT2D eigenvalue weighted by molar-refractivity contribution is 0.0952. The summed E-state index contributed by atoms with van der Waals surface area (Å²) in [5, 5.41) is 3.09. The van der Waals surface area contributed by atoms with Crippen LogP contribution in [0.3, 0.4) is 0 Å². The molecular formula is C10H16N2O. The van der Waals surface area contributed by atoms with Crippen LogP contribution in [0, 0.1) is 0 Å². The van der Waals surface area contributed by atoms with Crippen LogP contribution in [0.25, 0.3) is 0 Å². The molecule has 0 spiro atoms. The van der Waals surface area contributed by atoms with E-state index in [1.807, 2.05) is 43.9 Å². The second-order valence-corrected chi connectivity index (χ2v) is 3.21. The molecule has 3 heteroatoms. The highest BCUT2D eigenvalue weighted by Gasteiger charge is 2.13. The highest BCUT2D eigenvalue weighted by Crippen LogP contribution is 2.03. The average molecular weight is 180 g/mol. The second-order valence-electron chi connectivity index (χ2n) is 3.21. The summed E-state index contributed by atoms with van der Waals surface area (Å²) >= 11 is 0. The van der Waals surface area contributed by atoms with Crippen LogP contribution in [0.15, 0.2) is 18.5 Å². The van der Waals surface area contributed by atoms with E-state index in [1.54, 1.807) is 0 Å². The van der Waals surface area contributed by atoms with Gasteiger partial charge in [0.05, 0.1) is 6.04 Å². The van der Waals surface area contributed by atoms with Crippen molar-refractivity contribution in [1.29, 1.82) is 0 Å². The van der Waals surface area contributed by atoms with Gasteiger partial charge in [-0.25, -0.2) is 0 Å². The second kappa shape index (κ2) is 4.23. The van der Waals surface area contributed by atoms with Crippen molar-refractivity contribution in [2.75, 3.05) is 6.54 Å². The van der Waals surface area contributed by atoms with Gasteiger partial charge in [0.25, 0.3) is 0 Å². The minimum atomic E-state index is -0.0904. The lowest BCUT2D eigenvalue weighted by atomic mass is 10.1. The maximum Gasteiger partial charge on any atom is 0.180 e. The fourth-order valence-corrected chi connectivity index (χ4v) is 1.30. The summed E-state index contributed by atoms with van der Waals surface area (Å²) in [6.07, 6.45) is 3.72. The molecule has 1 N–H and O–H groups in total. The van der Waals surface area contributed by atoms with Crippen molar-refractivity contribution in [2.45, 2.75) is 19.9 Å². The normalized spacial score (nSPS) is 12.8. The third-order valence-electron chi connectivity index (χ3n) is 2.02. The molecule has 0 amide bonds. The summed E-state index contributed by atoms with van der Waals surface area (Å²) in [4.78, 5) is 11.7. The fourth-order valence-electron chi connectivity index (χ4n) is 1.30. The molecule has 0 aliphatic heterocycles. The molecule has 1 unspecified atom stereocenters. The Bertz CT molecular complexity index is 291. The van der Waals surface area contributed by atoms with Gasteiger partial charge in [0.15, 0.2) is 5.78 Å². The highest BCUT2D eigenvalue weighted by atomic mass is 16.1. The number of aromatic nitrogens is 1. The van der Waals surface area contributed by atoms with Gasteiger partial charge in [-0.2, -0.15) is 0 Å². The van der Waals surface area contributed by atoms with Gasteiger partial charge in [-0.3, -0.25) is 4.79 Å². The largest absolute Gasteiger partial charge is 0.357 e. The molecule has 1 aromatic rings. The Morgan fingerprint density at radius 2 is 2.38 bits per heavy atom. The van der Waals surface area contributed by atoms with Crippen molar-refractivity contribution in [3.8, 4) is 0 Å². The van der Waals surface area contributed by atoms with Crippen LogP contribution in [-0.4, -0.2) is 22.9 Å². The smallest absolute Gasteiger partial charge is 0.180 e. The molecule has 0 aliphatic carbocycles. The maximum absolute atomic E-state index is 11.7. The lowest BCUT2D eigenvalue weighted by Crippen LogP contribution is -2.33. The first-order valence-electron chi connectivity index (χ1n) is 4.54. The Morgan fingerprint density at radius 3 is 2.85 bits per heavy atom. The van der Waals surface area contributed by atoms with Gasteiger partial charge in [0.1, 0.15) is 0 Å². The summed E-state index contributed by atoms with van der Waals surface area (Å²) < 4.78 is 1.88. The summed E-state index contributed by atoms with van der Waals surface area (Å²) in [7, 11) is 1.91. The Balaban J connectivity index is 2.67. The molecule has 0 aliphatic rings. The molecule has 1 aromatic heterocycles. The van der Waals surface area contributed by atoms with Crippen LogP contribution in [0.2, 0.25) is 0 Å². The number of ketones is 1. The number of likely N-dealkylation sites (N-methyl/N-ethyl adjacent to an activating group) is 1. The van der Waals surface area contributed by atoms with Crippen molar-refractivity contribution in [2.24, 2.45) is 7.05 Å². The number of hydrogen-bond donors (Lipinski definition) is 1. The number of nitrogens with one attached hydrogen (secondary N) is 1. The van der Waals surface area contributed by atoms with E-state index in [9.17, 15) is 4.79 Å². The predicted octanol–water partition coefficient (Wildman–Crippen LogP) is 1.21. The minimum Gasteiger partial charge on any atom is -0.357 e. The molecule has 0 fully saturated rings. The van der Waals surface area contributed by atoms with Gasteiger partial charge in [-0.05, 0) is 19.5 Å². The topological polar surface area (TPSA) is 34.0 Å². The van der Waals surface area contributed by atoms with E-state index in [2.05, 4.69) is 5.32 Å². The first-order chi connectivity index (χ1) is 6.15. The molecule has 0 saturated heterocycles. The maximum atomic E-state index is 11.7. The summed E-state index contributed by atoms with van der Waals surface area (Å²) in [6, 6.07) is 1.75. The zero-order valence-corrected chi connectivity index (χ0v) is 8.37. The van der Waals surface area contributed by atoms with E-state index in [0.29, 0.717) is 0 Å². The third kappa shape index (κ3) is 2.42. The van der Waals surface area contributed by atoms with Gasteiger partial charge in [0, 0.05) is 25.0 Å². The minimum absolute atomic E-state index is 0.0904. The monoisotopic (exact) mass is 180 g/mol. The van der Waals surface area contributed by atoms with Crippen molar-refractivity contribution >= 4 is 5.78 Å². The van der Waals surface area contributed by atoms with Gasteiger partial charge in [-0.1, -0.05) is 6.92 Å². The Labute approximate surface area is 78.8 Å². The number of hydrogen-bond acceptors (Lipinski definition) is 2. The molecule has 1 heterocycles. The number of carbonyl (C=O) groups is 1. The molecular weight excluding hydrogens is 164 g/mol. The first-order valence-corrected chi connectivity index (χ1v) is 4.54. The SMILES string of the molecule is CCNC(C)C(=O)c1ccn(C)c1. The highest BCUT2D eigenvalue weighted by molar-refractivity contribution is 5.99. The van der Waals surface area contributed by atoms with E-state index in [1.165, 1.54) is 0 Å². The van der Waals surface area contributed by atoms with E-state index in [0.717, 1.165) is 12.1 Å². The Morgan fingerprint density at radius 1 is 1.69 bits per heavy atom. The zero-order valence-electron chi connectivity index (χ0n) is 8.37. The van der Waals surface area contributed by atoms with Gasteiger partial charge >= 0.3 is 0 Å². The van der Waals surface area contributed by atoms with Crippen LogP contribution in [-0.2, 0) is 7.05 Å². The molecule has 1 rings (SSSR count). The molecule has 0 bridgehead atoms. The quantitative estimate of drug-likeness (QED) is 0.706. The number of rotatable bonds is 4. The molecule has 0 aromatic carbocycles. The Kier molecular flexibility index (Phi) is 3.25. The molecule has 3 nitrogen and oxygen atoms in total. The summed E-state index contributed by atoms with van der Waals surface area (Å²) in [5.41, 5.74) is 0.774. The van der Waals surface area contributed by atoms with Crippen molar-refractivity contribution in [1.82, 2.24) is 9.88 Å². The number of carbonyl (C=O) groups excluding carboxylic acids is 1. The van der Waals surface area contributed by atoms with Crippen molar-refractivity contribution < 1.29 is 4.79 Å². The molecule has 72 valence electrons. The van der Waals surface area contributed by atoms with E-state index < -0.39 is 0 Å². The molecule has 0 saturated carbocycles. The number of aryl methyl sites for hydroxylation is 1. The molecule has 0 radical (unpaired) electrons. The van der Waals surface area contributed by atoms with Gasteiger partial charge in [0.2, 0.25) is 0 Å². The van der Waals surface area contributed by atoms with Crippen LogP contribution >= 0.6 is 0 Å². The van der Waals surface area contributed by atoms with Crippen molar-refractivity contribution in [3.05, 3.63) is 24.0 Å².